The Morgan fingerprint density at radius 2 is 1.90 bits per heavy atom. The first-order chi connectivity index (χ1) is 9.03. The molecular weight excluding hydrogens is 310 g/mol. The highest BCUT2D eigenvalue weighted by Crippen LogP contribution is 2.11. The van der Waals surface area contributed by atoms with E-state index >= 15 is 0 Å². The van der Waals surface area contributed by atoms with Crippen molar-refractivity contribution in [2.24, 2.45) is 5.92 Å². The number of carbonyl (C=O) groups excluding carboxylic acids is 2. The Morgan fingerprint density at radius 1 is 1.35 bits per heavy atom. The first-order valence-electron chi connectivity index (χ1n) is 5.54. The third-order valence-corrected chi connectivity index (χ3v) is 3.77. The SMILES string of the molecule is CC(=O)SC[C@@H](C)C(=O)O[C@@H](CNS(C)(=O)=O)C(=O)O. The number of carboxylic acid groups (broad SMARTS) is 1. The van der Waals surface area contributed by atoms with Gasteiger partial charge in [-0.05, 0) is 0 Å². The Morgan fingerprint density at radius 3 is 2.30 bits per heavy atom. The van der Waals surface area contributed by atoms with E-state index in [1.165, 1.54) is 13.8 Å². The van der Waals surface area contributed by atoms with Gasteiger partial charge in [0.25, 0.3) is 0 Å². The Labute approximate surface area is 121 Å². The molecule has 0 aromatic rings. The second kappa shape index (κ2) is 8.22. The van der Waals surface area contributed by atoms with Crippen molar-refractivity contribution in [1.82, 2.24) is 4.72 Å². The van der Waals surface area contributed by atoms with E-state index in [0.717, 1.165) is 18.0 Å². The van der Waals surface area contributed by atoms with Crippen LogP contribution in [0.25, 0.3) is 0 Å². The molecule has 116 valence electrons. The summed E-state index contributed by atoms with van der Waals surface area (Å²) in [6.07, 6.45) is -0.748. The van der Waals surface area contributed by atoms with Gasteiger partial charge < -0.3 is 9.84 Å². The average Bonchev–Trinajstić information content (AvgIpc) is 2.29. The van der Waals surface area contributed by atoms with E-state index in [0.29, 0.717) is 0 Å². The molecule has 0 bridgehead atoms. The maximum Gasteiger partial charge on any atom is 0.346 e. The zero-order valence-corrected chi connectivity index (χ0v) is 12.9. The van der Waals surface area contributed by atoms with E-state index in [1.54, 1.807) is 0 Å². The fourth-order valence-corrected chi connectivity index (χ4v) is 2.05. The van der Waals surface area contributed by atoms with Crippen LogP contribution < -0.4 is 4.72 Å². The van der Waals surface area contributed by atoms with Crippen LogP contribution in [0.4, 0.5) is 0 Å². The molecule has 0 radical (unpaired) electrons. The quantitative estimate of drug-likeness (QED) is 0.568. The Hall–Kier alpha value is -1.13. The van der Waals surface area contributed by atoms with Crippen molar-refractivity contribution in [3.63, 3.8) is 0 Å². The monoisotopic (exact) mass is 327 g/mol. The largest absolute Gasteiger partial charge is 0.478 e. The Bertz CT molecular complexity index is 474. The highest BCUT2D eigenvalue weighted by Gasteiger charge is 2.26. The summed E-state index contributed by atoms with van der Waals surface area (Å²) in [6.45, 7) is 2.28. The van der Waals surface area contributed by atoms with Gasteiger partial charge in [-0.15, -0.1) is 0 Å². The molecule has 0 amide bonds. The lowest BCUT2D eigenvalue weighted by atomic mass is 10.2. The van der Waals surface area contributed by atoms with Gasteiger partial charge in [0.1, 0.15) is 0 Å². The predicted octanol–water partition coefficient (Wildman–Crippen LogP) is -0.552. The van der Waals surface area contributed by atoms with Crippen LogP contribution in [0.3, 0.4) is 0 Å². The minimum absolute atomic E-state index is 0.167. The summed E-state index contributed by atoms with van der Waals surface area (Å²) in [7, 11) is -3.58. The molecule has 0 rings (SSSR count). The van der Waals surface area contributed by atoms with Gasteiger partial charge in [0.15, 0.2) is 5.12 Å². The molecule has 0 aromatic carbocycles. The summed E-state index contributed by atoms with van der Waals surface area (Å²) in [5.74, 6) is -2.77. The van der Waals surface area contributed by atoms with Crippen molar-refractivity contribution in [2.45, 2.75) is 20.0 Å². The first kappa shape index (κ1) is 18.9. The zero-order chi connectivity index (χ0) is 15.9. The van der Waals surface area contributed by atoms with Crippen molar-refractivity contribution >= 4 is 38.8 Å². The van der Waals surface area contributed by atoms with Crippen LogP contribution in [0.2, 0.25) is 0 Å². The zero-order valence-electron chi connectivity index (χ0n) is 11.3. The number of rotatable bonds is 8. The number of carboxylic acids is 1. The van der Waals surface area contributed by atoms with Crippen LogP contribution in [-0.4, -0.2) is 55.2 Å². The number of carbonyl (C=O) groups is 3. The summed E-state index contributed by atoms with van der Waals surface area (Å²) < 4.78 is 28.4. The molecule has 0 aliphatic rings. The van der Waals surface area contributed by atoms with E-state index < -0.39 is 40.5 Å². The second-order valence-corrected chi connectivity index (χ2v) is 7.12. The molecule has 0 unspecified atom stereocenters. The molecule has 0 aliphatic heterocycles. The molecule has 0 heterocycles. The van der Waals surface area contributed by atoms with Crippen molar-refractivity contribution in [1.29, 1.82) is 0 Å². The van der Waals surface area contributed by atoms with Gasteiger partial charge in [-0.1, -0.05) is 18.7 Å². The minimum atomic E-state index is -3.58. The summed E-state index contributed by atoms with van der Waals surface area (Å²) in [6, 6.07) is 0. The number of aliphatic carboxylic acids is 1. The number of hydrogen-bond donors (Lipinski definition) is 2. The predicted molar refractivity (Wildman–Crippen MR) is 72.7 cm³/mol. The van der Waals surface area contributed by atoms with Crippen molar-refractivity contribution < 1.29 is 32.6 Å². The van der Waals surface area contributed by atoms with E-state index in [-0.39, 0.29) is 10.9 Å². The molecule has 20 heavy (non-hydrogen) atoms. The lowest BCUT2D eigenvalue weighted by molar-refractivity contribution is -0.165. The van der Waals surface area contributed by atoms with Gasteiger partial charge in [-0.2, -0.15) is 0 Å². The van der Waals surface area contributed by atoms with Gasteiger partial charge >= 0.3 is 11.9 Å². The molecule has 0 fully saturated rings. The van der Waals surface area contributed by atoms with Crippen LogP contribution in [-0.2, 0) is 29.1 Å². The van der Waals surface area contributed by atoms with Gasteiger partial charge in [-0.3, -0.25) is 9.59 Å². The highest BCUT2D eigenvalue weighted by molar-refractivity contribution is 8.13. The molecule has 10 heteroatoms. The Balaban J connectivity index is 4.47. The standard InChI is InChI=1S/C10H17NO7S2/c1-6(5-19-7(2)12)10(15)18-8(9(13)14)4-11-20(3,16)17/h6,8,11H,4-5H2,1-3H3,(H,13,14)/t6-,8+/m1/s1. The number of thioether (sulfide) groups is 1. The van der Waals surface area contributed by atoms with Crippen LogP contribution in [0.15, 0.2) is 0 Å². The van der Waals surface area contributed by atoms with Crippen LogP contribution in [0, 0.1) is 5.92 Å². The summed E-state index contributed by atoms with van der Waals surface area (Å²) in [5, 5.41) is 8.68. The summed E-state index contributed by atoms with van der Waals surface area (Å²) >= 11 is 0.922. The molecule has 8 nitrogen and oxygen atoms in total. The minimum Gasteiger partial charge on any atom is -0.478 e. The van der Waals surface area contributed by atoms with Crippen molar-refractivity contribution in [2.75, 3.05) is 18.6 Å². The molecule has 0 aromatic heterocycles. The molecule has 0 aliphatic carbocycles. The van der Waals surface area contributed by atoms with Crippen molar-refractivity contribution in [3.05, 3.63) is 0 Å². The van der Waals surface area contributed by atoms with Gasteiger partial charge in [0.05, 0.1) is 18.7 Å². The third kappa shape index (κ3) is 8.88. The van der Waals surface area contributed by atoms with E-state index in [2.05, 4.69) is 0 Å². The van der Waals surface area contributed by atoms with Crippen molar-refractivity contribution in [3.8, 4) is 0 Å². The summed E-state index contributed by atoms with van der Waals surface area (Å²) in [5.41, 5.74) is 0. The number of hydrogen-bond acceptors (Lipinski definition) is 7. The molecule has 2 N–H and O–H groups in total. The van der Waals surface area contributed by atoms with E-state index in [1.807, 2.05) is 4.72 Å². The number of nitrogens with one attached hydrogen (secondary N) is 1. The van der Waals surface area contributed by atoms with Crippen LogP contribution in [0.5, 0.6) is 0 Å². The van der Waals surface area contributed by atoms with Gasteiger partial charge in [-0.25, -0.2) is 17.9 Å². The fraction of sp³-hybridized carbons (Fsp3) is 0.700. The molecule has 0 saturated heterocycles. The lowest BCUT2D eigenvalue weighted by Crippen LogP contribution is -2.40. The number of sulfonamides is 1. The third-order valence-electron chi connectivity index (χ3n) is 2.00. The van der Waals surface area contributed by atoms with Crippen LogP contribution >= 0.6 is 11.8 Å². The topological polar surface area (TPSA) is 127 Å². The molecule has 2 atom stereocenters. The second-order valence-electron chi connectivity index (χ2n) is 4.09. The van der Waals surface area contributed by atoms with E-state index in [9.17, 15) is 22.8 Å². The normalized spacial score (nSPS) is 14.3. The van der Waals surface area contributed by atoms with Gasteiger partial charge in [0.2, 0.25) is 16.1 Å². The maximum absolute atomic E-state index is 11.6. The number of ether oxygens (including phenoxy) is 1. The first-order valence-corrected chi connectivity index (χ1v) is 8.42. The fourth-order valence-electron chi connectivity index (χ4n) is 0.973. The highest BCUT2D eigenvalue weighted by atomic mass is 32.2. The van der Waals surface area contributed by atoms with Crippen LogP contribution in [0.1, 0.15) is 13.8 Å². The number of esters is 1. The molecule has 0 saturated carbocycles. The lowest BCUT2D eigenvalue weighted by Gasteiger charge is -2.16. The summed E-state index contributed by atoms with van der Waals surface area (Å²) in [4.78, 5) is 33.2. The maximum atomic E-state index is 11.6. The molecular formula is C10H17NO7S2. The average molecular weight is 327 g/mol. The van der Waals surface area contributed by atoms with Gasteiger partial charge in [0, 0.05) is 12.7 Å². The van der Waals surface area contributed by atoms with E-state index in [4.69, 9.17) is 9.84 Å². The smallest absolute Gasteiger partial charge is 0.346 e. The Kier molecular flexibility index (Phi) is 7.76. The molecule has 0 spiro atoms.